The summed E-state index contributed by atoms with van der Waals surface area (Å²) in [6.45, 7) is 0. The van der Waals surface area contributed by atoms with E-state index in [-0.39, 0.29) is 40.9 Å². The second kappa shape index (κ2) is 8.23. The summed E-state index contributed by atoms with van der Waals surface area (Å²) >= 11 is 1.03. The van der Waals surface area contributed by atoms with Gasteiger partial charge in [-0.15, -0.1) is 10.2 Å². The fourth-order valence-corrected chi connectivity index (χ4v) is 3.16. The number of carbonyl (C=O) groups excluding carboxylic acids is 2. The van der Waals surface area contributed by atoms with E-state index in [0.29, 0.717) is 11.3 Å². The van der Waals surface area contributed by atoms with Crippen LogP contribution in [0.25, 0.3) is 11.5 Å². The highest BCUT2D eigenvalue weighted by molar-refractivity contribution is 7.99. The van der Waals surface area contributed by atoms with E-state index in [4.69, 9.17) is 4.42 Å². The number of anilines is 1. The normalized spacial score (nSPS) is 13.5. The zero-order chi connectivity index (χ0) is 20.2. The molecular formula is C19H14FN5O3S. The Kier molecular flexibility index (Phi) is 5.34. The van der Waals surface area contributed by atoms with E-state index in [9.17, 15) is 14.0 Å². The van der Waals surface area contributed by atoms with Crippen molar-refractivity contribution in [2.45, 2.75) is 11.6 Å². The standard InChI is InChI=1S/C19H14FN5O3S/c20-13-6-4-5-12(9-13)18-22-23-19(28-18)29-11-16(26)21-15-10-17(27)25(24-15)14-7-2-1-3-8-14/h1-9H,10-11H2,(H,21,24,26). The van der Waals surface area contributed by atoms with Crippen molar-refractivity contribution in [1.82, 2.24) is 15.5 Å². The first kappa shape index (κ1) is 18.8. The number of para-hydroxylation sites is 1. The van der Waals surface area contributed by atoms with Crippen LogP contribution in [0.2, 0.25) is 0 Å². The number of hydrogen-bond acceptors (Lipinski definition) is 7. The largest absolute Gasteiger partial charge is 0.411 e. The lowest BCUT2D eigenvalue weighted by atomic mass is 10.2. The van der Waals surface area contributed by atoms with Gasteiger partial charge in [-0.1, -0.05) is 36.0 Å². The third-order valence-corrected chi connectivity index (χ3v) is 4.68. The zero-order valence-electron chi connectivity index (χ0n) is 14.9. The molecule has 0 radical (unpaired) electrons. The van der Waals surface area contributed by atoms with E-state index in [0.717, 1.165) is 11.8 Å². The number of hydrogen-bond donors (Lipinski definition) is 1. The van der Waals surface area contributed by atoms with Gasteiger partial charge in [0.25, 0.3) is 11.1 Å². The van der Waals surface area contributed by atoms with E-state index < -0.39 is 5.82 Å². The molecule has 2 aromatic carbocycles. The molecule has 2 heterocycles. The molecule has 0 atom stereocenters. The van der Waals surface area contributed by atoms with Crippen LogP contribution in [0.15, 0.2) is 69.3 Å². The first-order valence-electron chi connectivity index (χ1n) is 8.56. The Bertz CT molecular complexity index is 1090. The number of carbonyl (C=O) groups is 2. The summed E-state index contributed by atoms with van der Waals surface area (Å²) < 4.78 is 18.7. The first-order chi connectivity index (χ1) is 14.1. The molecule has 0 spiro atoms. The van der Waals surface area contributed by atoms with Gasteiger partial charge in [-0.25, -0.2) is 4.39 Å². The molecule has 0 fully saturated rings. The van der Waals surface area contributed by atoms with Crippen molar-refractivity contribution in [2.75, 3.05) is 10.8 Å². The molecule has 0 aliphatic carbocycles. The maximum atomic E-state index is 13.3. The Morgan fingerprint density at radius 1 is 1.17 bits per heavy atom. The molecule has 0 unspecified atom stereocenters. The lowest BCUT2D eigenvalue weighted by Gasteiger charge is -2.10. The predicted octanol–water partition coefficient (Wildman–Crippen LogP) is 2.83. The minimum Gasteiger partial charge on any atom is -0.411 e. The zero-order valence-corrected chi connectivity index (χ0v) is 15.7. The van der Waals surface area contributed by atoms with Gasteiger partial charge in [-0.05, 0) is 30.3 Å². The molecule has 0 bridgehead atoms. The van der Waals surface area contributed by atoms with Crippen molar-refractivity contribution in [1.29, 1.82) is 0 Å². The van der Waals surface area contributed by atoms with Gasteiger partial charge in [0.2, 0.25) is 11.8 Å². The van der Waals surface area contributed by atoms with Crippen LogP contribution in [-0.4, -0.2) is 33.6 Å². The Labute approximate surface area is 168 Å². The van der Waals surface area contributed by atoms with Crippen LogP contribution < -0.4 is 10.3 Å². The van der Waals surface area contributed by atoms with Crippen LogP contribution in [0.1, 0.15) is 6.42 Å². The van der Waals surface area contributed by atoms with Crippen LogP contribution >= 0.6 is 11.8 Å². The molecule has 1 N–H and O–H groups in total. The van der Waals surface area contributed by atoms with E-state index in [2.05, 4.69) is 20.6 Å². The summed E-state index contributed by atoms with van der Waals surface area (Å²) in [6.07, 6.45) is 0.00950. The van der Waals surface area contributed by atoms with E-state index in [1.54, 1.807) is 30.3 Å². The number of aromatic nitrogens is 2. The number of rotatable bonds is 5. The summed E-state index contributed by atoms with van der Waals surface area (Å²) in [5.74, 6) is -0.570. The quantitative estimate of drug-likeness (QED) is 0.648. The molecule has 10 heteroatoms. The van der Waals surface area contributed by atoms with Crippen molar-refractivity contribution in [3.63, 3.8) is 0 Å². The molecule has 1 aromatic heterocycles. The third kappa shape index (κ3) is 4.49. The number of amidine groups is 1. The topological polar surface area (TPSA) is 101 Å². The van der Waals surface area contributed by atoms with Crippen molar-refractivity contribution in [2.24, 2.45) is 5.10 Å². The fourth-order valence-electron chi connectivity index (χ4n) is 2.60. The highest BCUT2D eigenvalue weighted by Crippen LogP contribution is 2.24. The van der Waals surface area contributed by atoms with Crippen molar-refractivity contribution in [3.05, 3.63) is 60.4 Å². The minimum atomic E-state index is -0.411. The molecule has 0 saturated carbocycles. The van der Waals surface area contributed by atoms with Crippen LogP contribution in [0, 0.1) is 5.82 Å². The fraction of sp³-hybridized carbons (Fsp3) is 0.105. The number of halogens is 1. The van der Waals surface area contributed by atoms with Crippen molar-refractivity contribution < 1.29 is 18.4 Å². The maximum Gasteiger partial charge on any atom is 0.277 e. The molecule has 4 rings (SSSR count). The van der Waals surface area contributed by atoms with Gasteiger partial charge in [0.05, 0.1) is 17.9 Å². The summed E-state index contributed by atoms with van der Waals surface area (Å²) in [6, 6.07) is 14.7. The van der Waals surface area contributed by atoms with Gasteiger partial charge in [-0.3, -0.25) is 9.59 Å². The summed E-state index contributed by atoms with van der Waals surface area (Å²) in [7, 11) is 0. The number of benzene rings is 2. The first-order valence-corrected chi connectivity index (χ1v) is 9.54. The minimum absolute atomic E-state index is 0.00950. The summed E-state index contributed by atoms with van der Waals surface area (Å²) in [4.78, 5) is 24.3. The number of amides is 2. The molecule has 8 nitrogen and oxygen atoms in total. The van der Waals surface area contributed by atoms with Crippen LogP contribution in [0.5, 0.6) is 0 Å². The summed E-state index contributed by atoms with van der Waals surface area (Å²) in [5.41, 5.74) is 1.08. The van der Waals surface area contributed by atoms with E-state index in [1.807, 2.05) is 6.07 Å². The van der Waals surface area contributed by atoms with Gasteiger partial charge >= 0.3 is 0 Å². The number of nitrogens with one attached hydrogen (secondary N) is 1. The molecule has 2 amide bonds. The van der Waals surface area contributed by atoms with Gasteiger partial charge in [0, 0.05) is 5.56 Å². The lowest BCUT2D eigenvalue weighted by molar-refractivity contribution is -0.117. The van der Waals surface area contributed by atoms with Gasteiger partial charge in [0.1, 0.15) is 11.7 Å². The van der Waals surface area contributed by atoms with Crippen LogP contribution in [0.4, 0.5) is 10.1 Å². The van der Waals surface area contributed by atoms with Gasteiger partial charge < -0.3 is 9.73 Å². The number of hydrazone groups is 1. The lowest BCUT2D eigenvalue weighted by Crippen LogP contribution is -2.31. The summed E-state index contributed by atoms with van der Waals surface area (Å²) in [5, 5.41) is 15.9. The van der Waals surface area contributed by atoms with Crippen LogP contribution in [-0.2, 0) is 9.59 Å². The second-order valence-corrected chi connectivity index (χ2v) is 6.91. The van der Waals surface area contributed by atoms with Gasteiger partial charge in [-0.2, -0.15) is 10.1 Å². The monoisotopic (exact) mass is 411 g/mol. The Morgan fingerprint density at radius 2 is 2.00 bits per heavy atom. The maximum absolute atomic E-state index is 13.3. The number of thioether (sulfide) groups is 1. The smallest absolute Gasteiger partial charge is 0.277 e. The number of nitrogens with zero attached hydrogens (tertiary/aromatic N) is 4. The van der Waals surface area contributed by atoms with E-state index >= 15 is 0 Å². The molecule has 29 heavy (non-hydrogen) atoms. The van der Waals surface area contributed by atoms with Crippen molar-refractivity contribution >= 4 is 35.1 Å². The molecule has 1 aliphatic heterocycles. The Hall–Kier alpha value is -3.53. The highest BCUT2D eigenvalue weighted by atomic mass is 32.2. The van der Waals surface area contributed by atoms with Gasteiger partial charge in [0.15, 0.2) is 0 Å². The van der Waals surface area contributed by atoms with Crippen LogP contribution in [0.3, 0.4) is 0 Å². The molecule has 3 aromatic rings. The Balaban J connectivity index is 1.33. The SMILES string of the molecule is O=C(CSc1nnc(-c2cccc(F)c2)o1)NC1=NN(c2ccccc2)C(=O)C1. The second-order valence-electron chi connectivity index (χ2n) is 5.98. The average molecular weight is 411 g/mol. The molecule has 146 valence electrons. The Morgan fingerprint density at radius 3 is 2.79 bits per heavy atom. The van der Waals surface area contributed by atoms with E-state index in [1.165, 1.54) is 23.2 Å². The third-order valence-electron chi connectivity index (χ3n) is 3.86. The molecule has 0 saturated heterocycles. The highest BCUT2D eigenvalue weighted by Gasteiger charge is 2.26. The van der Waals surface area contributed by atoms with Crippen molar-refractivity contribution in [3.8, 4) is 11.5 Å². The predicted molar refractivity (Wildman–Crippen MR) is 105 cm³/mol. The molecule has 1 aliphatic rings. The average Bonchev–Trinajstić information content (AvgIpc) is 3.34. The molecular weight excluding hydrogens is 397 g/mol.